The van der Waals surface area contributed by atoms with Crippen LogP contribution in [0.4, 0.5) is 4.39 Å². The van der Waals surface area contributed by atoms with E-state index in [4.69, 9.17) is 12.2 Å². The van der Waals surface area contributed by atoms with Gasteiger partial charge in [-0.3, -0.25) is 4.79 Å². The molecular formula is C16H15FN4OS3. The molecule has 0 unspecified atom stereocenters. The molecule has 0 atom stereocenters. The van der Waals surface area contributed by atoms with E-state index in [-0.39, 0.29) is 17.5 Å². The minimum absolute atomic E-state index is 0.176. The van der Waals surface area contributed by atoms with Crippen LogP contribution in [-0.4, -0.2) is 27.0 Å². The van der Waals surface area contributed by atoms with Crippen LogP contribution in [0.3, 0.4) is 0 Å². The molecule has 1 saturated carbocycles. The number of hydrogen-bond acceptors (Lipinski definition) is 6. The summed E-state index contributed by atoms with van der Waals surface area (Å²) in [5.74, 6) is -0.326. The summed E-state index contributed by atoms with van der Waals surface area (Å²) >= 11 is 7.86. The van der Waals surface area contributed by atoms with Crippen LogP contribution in [-0.2, 0) is 4.79 Å². The predicted molar refractivity (Wildman–Crippen MR) is 97.9 cm³/mol. The van der Waals surface area contributed by atoms with Crippen molar-refractivity contribution < 1.29 is 9.18 Å². The second-order valence-electron chi connectivity index (χ2n) is 5.76. The van der Waals surface area contributed by atoms with E-state index < -0.39 is 5.54 Å². The van der Waals surface area contributed by atoms with Crippen LogP contribution >= 0.6 is 35.3 Å². The Balaban J connectivity index is 1.63. The number of carbonyl (C=O) groups is 1. The summed E-state index contributed by atoms with van der Waals surface area (Å²) in [7, 11) is 0. The molecule has 1 amide bonds. The normalized spacial score (nSPS) is 15.7. The fourth-order valence-electron chi connectivity index (χ4n) is 2.74. The zero-order valence-corrected chi connectivity index (χ0v) is 15.6. The van der Waals surface area contributed by atoms with Gasteiger partial charge in [0.25, 0.3) is 0 Å². The van der Waals surface area contributed by atoms with Gasteiger partial charge in [0.15, 0.2) is 8.29 Å². The molecular weight excluding hydrogens is 379 g/mol. The molecule has 1 aromatic heterocycles. The highest BCUT2D eigenvalue weighted by Gasteiger charge is 2.35. The predicted octanol–water partition coefficient (Wildman–Crippen LogP) is 3.85. The molecule has 1 heterocycles. The molecule has 0 radical (unpaired) electrons. The number of nitrogens with one attached hydrogen (secondary N) is 1. The van der Waals surface area contributed by atoms with Crippen LogP contribution in [0.5, 0.6) is 0 Å². The van der Waals surface area contributed by atoms with Crippen LogP contribution in [0.15, 0.2) is 28.6 Å². The fourth-order valence-corrected chi connectivity index (χ4v) is 4.90. The monoisotopic (exact) mass is 394 g/mol. The number of thioether (sulfide) groups is 1. The lowest BCUT2D eigenvalue weighted by Crippen LogP contribution is -2.45. The minimum atomic E-state index is -0.711. The molecule has 1 aliphatic carbocycles. The first-order valence-electron chi connectivity index (χ1n) is 7.72. The first kappa shape index (κ1) is 18.0. The first-order valence-corrected chi connectivity index (χ1v) is 9.94. The number of aromatic nitrogens is 2. The fraction of sp³-hybridized carbons (Fsp3) is 0.375. The molecule has 1 aromatic carbocycles. The summed E-state index contributed by atoms with van der Waals surface area (Å²) < 4.78 is 15.8. The van der Waals surface area contributed by atoms with E-state index in [0.29, 0.717) is 26.8 Å². The Hall–Kier alpha value is -1.76. The molecule has 2 aromatic rings. The molecule has 5 nitrogen and oxygen atoms in total. The highest BCUT2D eigenvalue weighted by atomic mass is 32.2. The number of amides is 1. The average molecular weight is 395 g/mol. The minimum Gasteiger partial charge on any atom is -0.337 e. The number of hydrogen-bond donors (Lipinski definition) is 1. The summed E-state index contributed by atoms with van der Waals surface area (Å²) in [5, 5.41) is 16.5. The summed E-state index contributed by atoms with van der Waals surface area (Å²) in [4.78, 5) is 12.2. The second kappa shape index (κ2) is 7.64. The smallest absolute Gasteiger partial charge is 0.231 e. The van der Waals surface area contributed by atoms with Crippen LogP contribution in [0, 0.1) is 21.1 Å². The quantitative estimate of drug-likeness (QED) is 0.616. The molecule has 0 aliphatic heterocycles. The highest BCUT2D eigenvalue weighted by Crippen LogP contribution is 2.29. The largest absolute Gasteiger partial charge is 0.337 e. The molecule has 25 heavy (non-hydrogen) atoms. The molecule has 0 spiro atoms. The molecule has 1 N–H and O–H groups in total. The van der Waals surface area contributed by atoms with E-state index in [9.17, 15) is 14.4 Å². The zero-order valence-electron chi connectivity index (χ0n) is 13.2. The van der Waals surface area contributed by atoms with Gasteiger partial charge < -0.3 is 5.32 Å². The number of benzene rings is 1. The Morgan fingerprint density at radius 3 is 2.76 bits per heavy atom. The van der Waals surface area contributed by atoms with Crippen molar-refractivity contribution in [1.29, 1.82) is 5.26 Å². The van der Waals surface area contributed by atoms with Gasteiger partial charge in [0.1, 0.15) is 11.4 Å². The van der Waals surface area contributed by atoms with Gasteiger partial charge in [0, 0.05) is 0 Å². The van der Waals surface area contributed by atoms with Crippen molar-refractivity contribution in [2.24, 2.45) is 0 Å². The van der Waals surface area contributed by atoms with Gasteiger partial charge in [-0.15, -0.1) is 5.10 Å². The highest BCUT2D eigenvalue weighted by molar-refractivity contribution is 8.01. The average Bonchev–Trinajstić information content (AvgIpc) is 3.21. The van der Waals surface area contributed by atoms with Crippen LogP contribution < -0.4 is 5.32 Å². The number of carbonyl (C=O) groups excluding carboxylic acids is 1. The van der Waals surface area contributed by atoms with E-state index in [1.165, 1.54) is 35.2 Å². The zero-order chi connectivity index (χ0) is 17.9. The topological polar surface area (TPSA) is 70.7 Å². The van der Waals surface area contributed by atoms with Crippen molar-refractivity contribution in [1.82, 2.24) is 15.1 Å². The summed E-state index contributed by atoms with van der Waals surface area (Å²) in [6.45, 7) is 0. The van der Waals surface area contributed by atoms with Gasteiger partial charge in [-0.25, -0.2) is 9.07 Å². The third-order valence-electron chi connectivity index (χ3n) is 3.98. The SMILES string of the molecule is N#CC1(NC(=O)CSc2nn(-c3ccc(F)cc3)c(=S)s2)CCCC1. The van der Waals surface area contributed by atoms with E-state index >= 15 is 0 Å². The van der Waals surface area contributed by atoms with Crippen molar-refractivity contribution >= 4 is 41.2 Å². The van der Waals surface area contributed by atoms with E-state index in [1.54, 1.807) is 16.8 Å². The van der Waals surface area contributed by atoms with E-state index in [0.717, 1.165) is 12.8 Å². The van der Waals surface area contributed by atoms with Gasteiger partial charge in [-0.1, -0.05) is 23.1 Å². The number of nitriles is 1. The Bertz CT molecular complexity index is 863. The second-order valence-corrected chi connectivity index (χ2v) is 8.61. The molecule has 1 aliphatic rings. The number of nitrogens with zero attached hydrogens (tertiary/aromatic N) is 3. The van der Waals surface area contributed by atoms with Gasteiger partial charge in [0.05, 0.1) is 17.5 Å². The third kappa shape index (κ3) is 4.26. The van der Waals surface area contributed by atoms with Crippen molar-refractivity contribution in [3.05, 3.63) is 34.0 Å². The Morgan fingerprint density at radius 1 is 1.44 bits per heavy atom. The van der Waals surface area contributed by atoms with Crippen LogP contribution in [0.25, 0.3) is 5.69 Å². The third-order valence-corrected chi connectivity index (χ3v) is 6.34. The summed E-state index contributed by atoms with van der Waals surface area (Å²) in [6.07, 6.45) is 3.34. The molecule has 130 valence electrons. The molecule has 9 heteroatoms. The van der Waals surface area contributed by atoms with E-state index in [2.05, 4.69) is 16.5 Å². The lowest BCUT2D eigenvalue weighted by Gasteiger charge is -2.21. The van der Waals surface area contributed by atoms with Gasteiger partial charge in [-0.05, 0) is 62.2 Å². The van der Waals surface area contributed by atoms with Crippen molar-refractivity contribution in [2.75, 3.05) is 5.75 Å². The Kier molecular flexibility index (Phi) is 5.51. The molecule has 3 rings (SSSR count). The standard InChI is InChI=1S/C16H15FN4OS3/c17-11-3-5-12(6-4-11)21-15(23)25-14(20-21)24-9-13(22)19-16(10-18)7-1-2-8-16/h3-6H,1-2,7-9H2,(H,19,22). The van der Waals surface area contributed by atoms with Gasteiger partial charge in [0.2, 0.25) is 5.91 Å². The lowest BCUT2D eigenvalue weighted by molar-refractivity contribution is -0.119. The maximum atomic E-state index is 13.0. The maximum absolute atomic E-state index is 13.0. The lowest BCUT2D eigenvalue weighted by atomic mass is 10.0. The maximum Gasteiger partial charge on any atom is 0.231 e. The van der Waals surface area contributed by atoms with Gasteiger partial charge >= 0.3 is 0 Å². The number of halogens is 1. The van der Waals surface area contributed by atoms with Gasteiger partial charge in [-0.2, -0.15) is 5.26 Å². The first-order chi connectivity index (χ1) is 12.0. The van der Waals surface area contributed by atoms with Crippen molar-refractivity contribution in [3.63, 3.8) is 0 Å². The Labute approximate surface area is 157 Å². The Morgan fingerprint density at radius 2 is 2.12 bits per heavy atom. The van der Waals surface area contributed by atoms with E-state index in [1.807, 2.05) is 0 Å². The summed E-state index contributed by atoms with van der Waals surface area (Å²) in [5.41, 5.74) is -0.0362. The van der Waals surface area contributed by atoms with Crippen molar-refractivity contribution in [3.8, 4) is 11.8 Å². The van der Waals surface area contributed by atoms with Crippen LogP contribution in [0.1, 0.15) is 25.7 Å². The summed E-state index contributed by atoms with van der Waals surface area (Å²) in [6, 6.07) is 8.13. The molecule has 0 saturated heterocycles. The van der Waals surface area contributed by atoms with Crippen molar-refractivity contribution in [2.45, 2.75) is 35.6 Å². The molecule has 1 fully saturated rings. The number of rotatable bonds is 5. The molecule has 0 bridgehead atoms. The van der Waals surface area contributed by atoms with Crippen LogP contribution in [0.2, 0.25) is 0 Å².